The van der Waals surface area contributed by atoms with E-state index < -0.39 is 0 Å². The highest BCUT2D eigenvalue weighted by atomic mass is 16.5. The smallest absolute Gasteiger partial charge is 0.161 e. The number of piperidine rings is 1. The van der Waals surface area contributed by atoms with Crippen LogP contribution in [0.2, 0.25) is 0 Å². The second-order valence-electron chi connectivity index (χ2n) is 7.78. The van der Waals surface area contributed by atoms with E-state index in [1.54, 1.807) is 7.11 Å². The van der Waals surface area contributed by atoms with Crippen LogP contribution in [0, 0.1) is 19.8 Å². The highest BCUT2D eigenvalue weighted by Gasteiger charge is 2.15. The first-order valence-electron chi connectivity index (χ1n) is 10.2. The Morgan fingerprint density at radius 3 is 2.68 bits per heavy atom. The summed E-state index contributed by atoms with van der Waals surface area (Å²) in [5.41, 5.74) is 3.04. The molecule has 0 aliphatic carbocycles. The van der Waals surface area contributed by atoms with Crippen LogP contribution in [0.4, 0.5) is 0 Å². The Hall–Kier alpha value is -2.05. The SMILES string of the molecule is COc1cc(CNCCN2CCC(C)CC2)ccc1OCc1c(C)noc1C. The third-order valence-corrected chi connectivity index (χ3v) is 5.59. The fourth-order valence-electron chi connectivity index (χ4n) is 3.55. The molecule has 0 bridgehead atoms. The van der Waals surface area contributed by atoms with Crippen LogP contribution < -0.4 is 14.8 Å². The van der Waals surface area contributed by atoms with E-state index in [-0.39, 0.29) is 0 Å². The van der Waals surface area contributed by atoms with Crippen LogP contribution in [0.3, 0.4) is 0 Å². The van der Waals surface area contributed by atoms with Gasteiger partial charge in [-0.2, -0.15) is 0 Å². The number of likely N-dealkylation sites (tertiary alicyclic amines) is 1. The van der Waals surface area contributed by atoms with E-state index in [2.05, 4.69) is 28.4 Å². The van der Waals surface area contributed by atoms with E-state index in [4.69, 9.17) is 14.0 Å². The number of ether oxygens (including phenoxy) is 2. The predicted octanol–water partition coefficient (Wildman–Crippen LogP) is 3.70. The van der Waals surface area contributed by atoms with E-state index in [0.717, 1.165) is 54.1 Å². The van der Waals surface area contributed by atoms with Crippen LogP contribution in [0.25, 0.3) is 0 Å². The summed E-state index contributed by atoms with van der Waals surface area (Å²) in [6.07, 6.45) is 2.65. The molecule has 6 heteroatoms. The van der Waals surface area contributed by atoms with E-state index in [9.17, 15) is 0 Å². The van der Waals surface area contributed by atoms with Crippen molar-refractivity contribution in [1.82, 2.24) is 15.4 Å². The summed E-state index contributed by atoms with van der Waals surface area (Å²) in [6.45, 7) is 12.0. The lowest BCUT2D eigenvalue weighted by Gasteiger charge is -2.30. The molecule has 1 aromatic carbocycles. The lowest BCUT2D eigenvalue weighted by Crippen LogP contribution is -2.37. The number of aryl methyl sites for hydroxylation is 2. The monoisotopic (exact) mass is 387 g/mol. The van der Waals surface area contributed by atoms with Gasteiger partial charge in [0.1, 0.15) is 12.4 Å². The maximum atomic E-state index is 5.95. The summed E-state index contributed by atoms with van der Waals surface area (Å²) in [7, 11) is 1.67. The molecule has 28 heavy (non-hydrogen) atoms. The summed E-state index contributed by atoms with van der Waals surface area (Å²) < 4.78 is 16.7. The molecule has 0 amide bonds. The Labute approximate surface area is 168 Å². The van der Waals surface area contributed by atoms with Crippen molar-refractivity contribution < 1.29 is 14.0 Å². The first kappa shape index (κ1) is 20.7. The molecule has 154 valence electrons. The van der Waals surface area contributed by atoms with Crippen LogP contribution >= 0.6 is 0 Å². The average molecular weight is 388 g/mol. The normalized spacial score (nSPS) is 15.7. The van der Waals surface area contributed by atoms with Gasteiger partial charge in [0.05, 0.1) is 18.4 Å². The van der Waals surface area contributed by atoms with E-state index in [1.807, 2.05) is 26.0 Å². The molecule has 0 unspecified atom stereocenters. The van der Waals surface area contributed by atoms with E-state index in [0.29, 0.717) is 6.61 Å². The molecule has 1 fully saturated rings. The van der Waals surface area contributed by atoms with Crippen LogP contribution in [0.15, 0.2) is 22.7 Å². The molecule has 0 saturated carbocycles. The van der Waals surface area contributed by atoms with Crippen LogP contribution in [-0.2, 0) is 13.2 Å². The molecule has 2 heterocycles. The lowest BCUT2D eigenvalue weighted by molar-refractivity contribution is 0.193. The van der Waals surface area contributed by atoms with Crippen molar-refractivity contribution in [2.45, 2.75) is 46.8 Å². The summed E-state index contributed by atoms with van der Waals surface area (Å²) in [4.78, 5) is 2.55. The van der Waals surface area contributed by atoms with E-state index in [1.165, 1.54) is 31.5 Å². The van der Waals surface area contributed by atoms with Gasteiger partial charge in [-0.15, -0.1) is 0 Å². The quantitative estimate of drug-likeness (QED) is 0.662. The molecule has 0 spiro atoms. The van der Waals surface area contributed by atoms with Crippen molar-refractivity contribution in [2.24, 2.45) is 5.92 Å². The number of benzene rings is 1. The molecule has 1 N–H and O–H groups in total. The molecule has 0 radical (unpaired) electrons. The molecule has 1 aromatic heterocycles. The average Bonchev–Trinajstić information content (AvgIpc) is 3.03. The Balaban J connectivity index is 1.47. The van der Waals surface area contributed by atoms with Gasteiger partial charge in [0, 0.05) is 19.6 Å². The molecular weight excluding hydrogens is 354 g/mol. The zero-order valence-electron chi connectivity index (χ0n) is 17.6. The molecule has 1 saturated heterocycles. The predicted molar refractivity (Wildman–Crippen MR) is 110 cm³/mol. The number of hydrogen-bond donors (Lipinski definition) is 1. The van der Waals surface area contributed by atoms with Gasteiger partial charge in [0.2, 0.25) is 0 Å². The number of nitrogens with one attached hydrogen (secondary N) is 1. The first-order valence-corrected chi connectivity index (χ1v) is 10.2. The summed E-state index contributed by atoms with van der Waals surface area (Å²) in [6, 6.07) is 6.10. The second-order valence-corrected chi connectivity index (χ2v) is 7.78. The van der Waals surface area contributed by atoms with Crippen molar-refractivity contribution >= 4 is 0 Å². The fraction of sp³-hybridized carbons (Fsp3) is 0.591. The van der Waals surface area contributed by atoms with Gasteiger partial charge in [-0.1, -0.05) is 18.1 Å². The Morgan fingerprint density at radius 2 is 2.00 bits per heavy atom. The van der Waals surface area contributed by atoms with Crippen LogP contribution in [0.1, 0.15) is 42.3 Å². The van der Waals surface area contributed by atoms with Gasteiger partial charge >= 0.3 is 0 Å². The van der Waals surface area contributed by atoms with Crippen molar-refractivity contribution in [1.29, 1.82) is 0 Å². The largest absolute Gasteiger partial charge is 0.493 e. The maximum absolute atomic E-state index is 5.95. The second kappa shape index (κ2) is 9.94. The molecule has 3 rings (SSSR count). The maximum Gasteiger partial charge on any atom is 0.161 e. The van der Waals surface area contributed by atoms with Gasteiger partial charge in [-0.3, -0.25) is 0 Å². The topological polar surface area (TPSA) is 59.8 Å². The highest BCUT2D eigenvalue weighted by Crippen LogP contribution is 2.29. The minimum atomic E-state index is 0.420. The molecule has 6 nitrogen and oxygen atoms in total. The third kappa shape index (κ3) is 5.49. The van der Waals surface area contributed by atoms with Crippen molar-refractivity contribution in [3.8, 4) is 11.5 Å². The Bertz CT molecular complexity index is 732. The van der Waals surface area contributed by atoms with Gasteiger partial charge in [-0.05, 0) is 63.4 Å². The lowest BCUT2D eigenvalue weighted by atomic mass is 9.99. The van der Waals surface area contributed by atoms with Crippen molar-refractivity contribution in [2.75, 3.05) is 33.3 Å². The zero-order valence-corrected chi connectivity index (χ0v) is 17.6. The minimum absolute atomic E-state index is 0.420. The molecule has 0 atom stereocenters. The standard InChI is InChI=1S/C22H33N3O3/c1-16-7-10-25(11-8-16)12-9-23-14-19-5-6-21(22(13-19)26-4)27-15-20-17(2)24-28-18(20)3/h5-6,13,16,23H,7-12,14-15H2,1-4H3. The fourth-order valence-corrected chi connectivity index (χ4v) is 3.55. The molecule has 1 aliphatic rings. The van der Waals surface area contributed by atoms with Crippen molar-refractivity contribution in [3.63, 3.8) is 0 Å². The van der Waals surface area contributed by atoms with Gasteiger partial charge in [-0.25, -0.2) is 0 Å². The van der Waals surface area contributed by atoms with Crippen LogP contribution in [-0.4, -0.2) is 43.3 Å². The number of aromatic nitrogens is 1. The van der Waals surface area contributed by atoms with Gasteiger partial charge in [0.15, 0.2) is 11.5 Å². The summed E-state index contributed by atoms with van der Waals surface area (Å²) >= 11 is 0. The molecule has 2 aromatic rings. The third-order valence-electron chi connectivity index (χ3n) is 5.59. The number of hydrogen-bond acceptors (Lipinski definition) is 6. The van der Waals surface area contributed by atoms with Crippen molar-refractivity contribution in [3.05, 3.63) is 40.8 Å². The summed E-state index contributed by atoms with van der Waals surface area (Å²) in [5.74, 6) is 3.15. The van der Waals surface area contributed by atoms with Gasteiger partial charge < -0.3 is 24.2 Å². The Morgan fingerprint density at radius 1 is 1.21 bits per heavy atom. The minimum Gasteiger partial charge on any atom is -0.493 e. The Kier molecular flexibility index (Phi) is 7.34. The zero-order chi connectivity index (χ0) is 19.9. The molecular formula is C22H33N3O3. The number of rotatable bonds is 9. The van der Waals surface area contributed by atoms with Gasteiger partial charge in [0.25, 0.3) is 0 Å². The number of methoxy groups -OCH3 is 1. The summed E-state index contributed by atoms with van der Waals surface area (Å²) in [5, 5.41) is 7.51. The van der Waals surface area contributed by atoms with Crippen LogP contribution in [0.5, 0.6) is 11.5 Å². The number of nitrogens with zero attached hydrogens (tertiary/aromatic N) is 2. The van der Waals surface area contributed by atoms with E-state index >= 15 is 0 Å². The first-order chi connectivity index (χ1) is 13.6. The molecule has 1 aliphatic heterocycles. The highest BCUT2D eigenvalue weighted by molar-refractivity contribution is 5.43.